The Kier molecular flexibility index (Phi) is 6.52. The van der Waals surface area contributed by atoms with Gasteiger partial charge in [-0.1, -0.05) is 19.9 Å². The first-order chi connectivity index (χ1) is 10.6. The molecule has 1 aromatic rings. The van der Waals surface area contributed by atoms with E-state index < -0.39 is 0 Å². The first kappa shape index (κ1) is 17.1. The summed E-state index contributed by atoms with van der Waals surface area (Å²) in [4.78, 5) is 2.35. The van der Waals surface area contributed by atoms with Crippen LogP contribution in [0.4, 0.5) is 5.69 Å². The Balaban J connectivity index is 2.11. The van der Waals surface area contributed by atoms with Crippen molar-refractivity contribution in [3.8, 4) is 5.75 Å². The standard InChI is InChI=1S/C18H30N2O2/c1-14(2)12-19-13-16-5-6-17(18(11-16)22-15(3)4)20-7-9-21-10-8-20/h5-6,11,14-15,19H,7-10,12-13H2,1-4H3. The van der Waals surface area contributed by atoms with Crippen molar-refractivity contribution in [1.82, 2.24) is 5.32 Å². The number of anilines is 1. The number of hydrogen-bond donors (Lipinski definition) is 1. The van der Waals surface area contributed by atoms with Crippen LogP contribution in [-0.2, 0) is 11.3 Å². The molecule has 0 saturated carbocycles. The van der Waals surface area contributed by atoms with Gasteiger partial charge >= 0.3 is 0 Å². The van der Waals surface area contributed by atoms with Crippen molar-refractivity contribution in [3.63, 3.8) is 0 Å². The lowest BCUT2D eigenvalue weighted by atomic mass is 10.1. The number of benzene rings is 1. The third-order valence-electron chi connectivity index (χ3n) is 3.62. The molecule has 0 amide bonds. The van der Waals surface area contributed by atoms with E-state index in [4.69, 9.17) is 9.47 Å². The molecule has 2 rings (SSSR count). The summed E-state index contributed by atoms with van der Waals surface area (Å²) in [6, 6.07) is 6.57. The molecule has 0 radical (unpaired) electrons. The van der Waals surface area contributed by atoms with Crippen molar-refractivity contribution >= 4 is 5.69 Å². The SMILES string of the molecule is CC(C)CNCc1ccc(N2CCOCC2)c(OC(C)C)c1. The van der Waals surface area contributed by atoms with Crippen molar-refractivity contribution in [2.24, 2.45) is 5.92 Å². The minimum atomic E-state index is 0.179. The highest BCUT2D eigenvalue weighted by Gasteiger charge is 2.16. The molecule has 1 aliphatic rings. The van der Waals surface area contributed by atoms with Crippen molar-refractivity contribution in [2.75, 3.05) is 37.7 Å². The van der Waals surface area contributed by atoms with E-state index >= 15 is 0 Å². The molecule has 1 aliphatic heterocycles. The number of rotatable bonds is 7. The summed E-state index contributed by atoms with van der Waals surface area (Å²) in [5.74, 6) is 1.65. The molecule has 1 heterocycles. The molecular weight excluding hydrogens is 276 g/mol. The average molecular weight is 306 g/mol. The molecule has 1 aromatic carbocycles. The lowest BCUT2D eigenvalue weighted by Crippen LogP contribution is -2.36. The van der Waals surface area contributed by atoms with Gasteiger partial charge in [0, 0.05) is 19.6 Å². The Hall–Kier alpha value is -1.26. The quantitative estimate of drug-likeness (QED) is 0.839. The Morgan fingerprint density at radius 2 is 1.91 bits per heavy atom. The van der Waals surface area contributed by atoms with Crippen molar-refractivity contribution in [2.45, 2.75) is 40.3 Å². The molecule has 0 unspecified atom stereocenters. The minimum Gasteiger partial charge on any atom is -0.489 e. The summed E-state index contributed by atoms with van der Waals surface area (Å²) in [7, 11) is 0. The van der Waals surface area contributed by atoms with E-state index in [-0.39, 0.29) is 6.10 Å². The maximum Gasteiger partial charge on any atom is 0.143 e. The monoisotopic (exact) mass is 306 g/mol. The summed E-state index contributed by atoms with van der Waals surface area (Å²) < 4.78 is 11.5. The Labute approximate surface area is 134 Å². The molecule has 1 fully saturated rings. The Morgan fingerprint density at radius 1 is 1.18 bits per heavy atom. The average Bonchev–Trinajstić information content (AvgIpc) is 2.47. The highest BCUT2D eigenvalue weighted by atomic mass is 16.5. The van der Waals surface area contributed by atoms with Crippen LogP contribution >= 0.6 is 0 Å². The van der Waals surface area contributed by atoms with Gasteiger partial charge in [-0.05, 0) is 44.0 Å². The van der Waals surface area contributed by atoms with E-state index in [1.165, 1.54) is 11.3 Å². The lowest BCUT2D eigenvalue weighted by molar-refractivity contribution is 0.122. The number of nitrogens with one attached hydrogen (secondary N) is 1. The van der Waals surface area contributed by atoms with Crippen LogP contribution in [-0.4, -0.2) is 39.0 Å². The van der Waals surface area contributed by atoms with Gasteiger partial charge in [-0.3, -0.25) is 0 Å². The van der Waals surface area contributed by atoms with Gasteiger partial charge in [0.2, 0.25) is 0 Å². The molecule has 0 aromatic heterocycles. The molecule has 4 nitrogen and oxygen atoms in total. The van der Waals surface area contributed by atoms with Crippen LogP contribution in [0.2, 0.25) is 0 Å². The van der Waals surface area contributed by atoms with E-state index in [1.807, 2.05) is 0 Å². The van der Waals surface area contributed by atoms with Gasteiger partial charge < -0.3 is 19.7 Å². The van der Waals surface area contributed by atoms with Crippen molar-refractivity contribution < 1.29 is 9.47 Å². The predicted octanol–water partition coefficient (Wildman–Crippen LogP) is 3.06. The van der Waals surface area contributed by atoms with Gasteiger partial charge in [-0.25, -0.2) is 0 Å². The maximum atomic E-state index is 6.06. The zero-order chi connectivity index (χ0) is 15.9. The first-order valence-electron chi connectivity index (χ1n) is 8.39. The zero-order valence-corrected chi connectivity index (χ0v) is 14.4. The summed E-state index contributed by atoms with van der Waals surface area (Å²) >= 11 is 0. The molecule has 1 saturated heterocycles. The fourth-order valence-corrected chi connectivity index (χ4v) is 2.59. The van der Waals surface area contributed by atoms with Crippen LogP contribution in [0.3, 0.4) is 0 Å². The number of hydrogen-bond acceptors (Lipinski definition) is 4. The Morgan fingerprint density at radius 3 is 2.55 bits per heavy atom. The van der Waals surface area contributed by atoms with E-state index in [9.17, 15) is 0 Å². The third kappa shape index (κ3) is 5.18. The van der Waals surface area contributed by atoms with Crippen LogP contribution in [0.15, 0.2) is 18.2 Å². The Bertz CT molecular complexity index is 454. The molecule has 124 valence electrons. The smallest absolute Gasteiger partial charge is 0.143 e. The second kappa shape index (κ2) is 8.39. The molecule has 1 N–H and O–H groups in total. The molecule has 0 atom stereocenters. The number of ether oxygens (including phenoxy) is 2. The predicted molar refractivity (Wildman–Crippen MR) is 91.8 cm³/mol. The molecule has 22 heavy (non-hydrogen) atoms. The van der Waals surface area contributed by atoms with Crippen LogP contribution in [0, 0.1) is 5.92 Å². The fraction of sp³-hybridized carbons (Fsp3) is 0.667. The largest absolute Gasteiger partial charge is 0.489 e. The van der Waals surface area contributed by atoms with Gasteiger partial charge in [0.05, 0.1) is 25.0 Å². The zero-order valence-electron chi connectivity index (χ0n) is 14.4. The molecular formula is C18H30N2O2. The third-order valence-corrected chi connectivity index (χ3v) is 3.62. The van der Waals surface area contributed by atoms with Gasteiger partial charge in [-0.2, -0.15) is 0 Å². The van der Waals surface area contributed by atoms with Crippen LogP contribution < -0.4 is 15.0 Å². The van der Waals surface area contributed by atoms with E-state index in [1.54, 1.807) is 0 Å². The highest BCUT2D eigenvalue weighted by molar-refractivity contribution is 5.60. The summed E-state index contributed by atoms with van der Waals surface area (Å²) in [6.07, 6.45) is 0.179. The van der Waals surface area contributed by atoms with Gasteiger partial charge in [0.1, 0.15) is 5.75 Å². The fourth-order valence-electron chi connectivity index (χ4n) is 2.59. The van der Waals surface area contributed by atoms with Crippen LogP contribution in [0.25, 0.3) is 0 Å². The molecule has 0 bridgehead atoms. The van der Waals surface area contributed by atoms with Gasteiger partial charge in [0.25, 0.3) is 0 Å². The summed E-state index contributed by atoms with van der Waals surface area (Å²) in [5.41, 5.74) is 2.46. The van der Waals surface area contributed by atoms with Crippen molar-refractivity contribution in [3.05, 3.63) is 23.8 Å². The minimum absolute atomic E-state index is 0.179. The first-order valence-corrected chi connectivity index (χ1v) is 8.39. The molecule has 0 aliphatic carbocycles. The number of nitrogens with zero attached hydrogens (tertiary/aromatic N) is 1. The van der Waals surface area contributed by atoms with Crippen LogP contribution in [0.5, 0.6) is 5.75 Å². The summed E-state index contributed by atoms with van der Waals surface area (Å²) in [6.45, 7) is 14.0. The van der Waals surface area contributed by atoms with Gasteiger partial charge in [0.15, 0.2) is 0 Å². The highest BCUT2D eigenvalue weighted by Crippen LogP contribution is 2.31. The second-order valence-corrected chi connectivity index (χ2v) is 6.59. The van der Waals surface area contributed by atoms with E-state index in [0.29, 0.717) is 5.92 Å². The molecule has 4 heteroatoms. The van der Waals surface area contributed by atoms with Gasteiger partial charge in [-0.15, -0.1) is 0 Å². The van der Waals surface area contributed by atoms with Crippen LogP contribution in [0.1, 0.15) is 33.3 Å². The maximum absolute atomic E-state index is 6.06. The van der Waals surface area contributed by atoms with E-state index in [0.717, 1.165) is 45.1 Å². The van der Waals surface area contributed by atoms with Crippen molar-refractivity contribution in [1.29, 1.82) is 0 Å². The number of morpholine rings is 1. The normalized spacial score (nSPS) is 15.6. The van der Waals surface area contributed by atoms with E-state index in [2.05, 4.69) is 56.1 Å². The lowest BCUT2D eigenvalue weighted by Gasteiger charge is -2.31. The summed E-state index contributed by atoms with van der Waals surface area (Å²) in [5, 5.41) is 3.49. The topological polar surface area (TPSA) is 33.7 Å². The molecule has 0 spiro atoms. The second-order valence-electron chi connectivity index (χ2n) is 6.59.